The van der Waals surface area contributed by atoms with Crippen molar-refractivity contribution in [3.63, 3.8) is 0 Å². The van der Waals surface area contributed by atoms with E-state index >= 15 is 0 Å². The molecule has 0 saturated heterocycles. The molecule has 25 heavy (non-hydrogen) atoms. The Morgan fingerprint density at radius 3 is 2.84 bits per heavy atom. The third kappa shape index (κ3) is 2.27. The molecule has 0 bridgehead atoms. The van der Waals surface area contributed by atoms with Gasteiger partial charge in [0.1, 0.15) is 5.65 Å². The zero-order valence-corrected chi connectivity index (χ0v) is 13.9. The van der Waals surface area contributed by atoms with E-state index in [1.165, 1.54) is 15.6 Å². The van der Waals surface area contributed by atoms with Crippen LogP contribution >= 0.6 is 11.3 Å². The van der Waals surface area contributed by atoms with Crippen LogP contribution in [0, 0.1) is 0 Å². The fourth-order valence-electron chi connectivity index (χ4n) is 3.05. The van der Waals surface area contributed by atoms with Crippen LogP contribution in [0.15, 0.2) is 66.4 Å². The molecule has 0 atom stereocenters. The van der Waals surface area contributed by atoms with Gasteiger partial charge in [0.25, 0.3) is 0 Å². The Morgan fingerprint density at radius 1 is 1.00 bits per heavy atom. The van der Waals surface area contributed by atoms with E-state index in [-0.39, 0.29) is 5.95 Å². The molecule has 6 heteroatoms. The summed E-state index contributed by atoms with van der Waals surface area (Å²) in [6.07, 6.45) is 5.57. The molecule has 0 spiro atoms. The zero-order valence-electron chi connectivity index (χ0n) is 13.1. The lowest BCUT2D eigenvalue weighted by Gasteiger charge is -2.05. The number of aromatic nitrogens is 4. The summed E-state index contributed by atoms with van der Waals surface area (Å²) in [5.74, 6) is 0.257. The molecule has 0 unspecified atom stereocenters. The first-order valence-corrected chi connectivity index (χ1v) is 8.70. The van der Waals surface area contributed by atoms with Crippen LogP contribution in [0.5, 0.6) is 0 Å². The van der Waals surface area contributed by atoms with Gasteiger partial charge in [-0.1, -0.05) is 18.2 Å². The van der Waals surface area contributed by atoms with E-state index in [4.69, 9.17) is 5.73 Å². The van der Waals surface area contributed by atoms with Crippen LogP contribution in [0.2, 0.25) is 0 Å². The van der Waals surface area contributed by atoms with E-state index in [1.807, 2.05) is 22.7 Å². The number of nitrogens with two attached hydrogens (primary N) is 1. The van der Waals surface area contributed by atoms with E-state index in [0.717, 1.165) is 22.6 Å². The summed E-state index contributed by atoms with van der Waals surface area (Å²) < 4.78 is 3.33. The second-order valence-electron chi connectivity index (χ2n) is 5.74. The molecule has 5 rings (SSSR count). The lowest BCUT2D eigenvalue weighted by atomic mass is 10.1. The van der Waals surface area contributed by atoms with Crippen LogP contribution in [-0.2, 0) is 0 Å². The van der Waals surface area contributed by atoms with Gasteiger partial charge in [0, 0.05) is 28.0 Å². The smallest absolute Gasteiger partial charge is 0.220 e. The molecule has 0 radical (unpaired) electrons. The number of nitrogen functional groups attached to an aromatic ring is 1. The van der Waals surface area contributed by atoms with Crippen molar-refractivity contribution in [1.82, 2.24) is 19.4 Å². The van der Waals surface area contributed by atoms with Crippen LogP contribution in [0.4, 0.5) is 5.95 Å². The molecule has 5 aromatic rings. The monoisotopic (exact) mass is 343 g/mol. The molecule has 1 aromatic carbocycles. The Balaban J connectivity index is 1.72. The lowest BCUT2D eigenvalue weighted by molar-refractivity contribution is 1.14. The summed E-state index contributed by atoms with van der Waals surface area (Å²) in [5.41, 5.74) is 10.6. The number of thiophene rings is 1. The molecular formula is C19H13N5S. The van der Waals surface area contributed by atoms with Gasteiger partial charge in [-0.25, -0.2) is 15.0 Å². The van der Waals surface area contributed by atoms with Gasteiger partial charge in [-0.05, 0) is 35.2 Å². The molecule has 0 amide bonds. The number of fused-ring (bicyclic) bond motifs is 2. The van der Waals surface area contributed by atoms with Crippen LogP contribution in [0.1, 0.15) is 0 Å². The molecule has 0 fully saturated rings. The van der Waals surface area contributed by atoms with Crippen molar-refractivity contribution in [2.45, 2.75) is 0 Å². The SMILES string of the molecule is Nc1nccc(-c2cnc3ccc(-c4csc5ccccc45)cn23)n1. The second kappa shape index (κ2) is 5.39. The predicted molar refractivity (Wildman–Crippen MR) is 101 cm³/mol. The Bertz CT molecular complexity index is 1220. The van der Waals surface area contributed by atoms with Gasteiger partial charge in [-0.15, -0.1) is 11.3 Å². The van der Waals surface area contributed by atoms with Crippen molar-refractivity contribution >= 4 is 33.0 Å². The summed E-state index contributed by atoms with van der Waals surface area (Å²) in [6, 6.07) is 14.4. The number of benzene rings is 1. The average Bonchev–Trinajstić information content (AvgIpc) is 3.25. The minimum atomic E-state index is 0.257. The summed E-state index contributed by atoms with van der Waals surface area (Å²) in [6.45, 7) is 0. The van der Waals surface area contributed by atoms with E-state index in [9.17, 15) is 0 Å². The van der Waals surface area contributed by atoms with Gasteiger partial charge < -0.3 is 5.73 Å². The normalized spacial score (nSPS) is 11.4. The van der Waals surface area contributed by atoms with Gasteiger partial charge >= 0.3 is 0 Å². The first-order valence-electron chi connectivity index (χ1n) is 7.82. The van der Waals surface area contributed by atoms with Gasteiger partial charge in [-0.3, -0.25) is 4.40 Å². The molecule has 5 nitrogen and oxygen atoms in total. The number of imidazole rings is 1. The van der Waals surface area contributed by atoms with Gasteiger partial charge in [0.2, 0.25) is 5.95 Å². The average molecular weight is 343 g/mol. The third-order valence-corrected chi connectivity index (χ3v) is 5.20. The maximum absolute atomic E-state index is 5.73. The van der Waals surface area contributed by atoms with Crippen molar-refractivity contribution in [3.8, 4) is 22.5 Å². The maximum Gasteiger partial charge on any atom is 0.220 e. The Labute approximate surface area is 147 Å². The minimum Gasteiger partial charge on any atom is -0.368 e. The van der Waals surface area contributed by atoms with Crippen LogP contribution < -0.4 is 5.73 Å². The van der Waals surface area contributed by atoms with Gasteiger partial charge in [-0.2, -0.15) is 0 Å². The van der Waals surface area contributed by atoms with Crippen molar-refractivity contribution in [2.75, 3.05) is 5.73 Å². The zero-order chi connectivity index (χ0) is 16.8. The molecule has 4 aromatic heterocycles. The summed E-state index contributed by atoms with van der Waals surface area (Å²) in [5, 5.41) is 3.46. The molecule has 0 aliphatic rings. The van der Waals surface area contributed by atoms with Crippen LogP contribution in [0.25, 0.3) is 38.2 Å². The third-order valence-electron chi connectivity index (χ3n) is 4.23. The second-order valence-corrected chi connectivity index (χ2v) is 6.65. The van der Waals surface area contributed by atoms with Crippen molar-refractivity contribution in [1.29, 1.82) is 0 Å². The van der Waals surface area contributed by atoms with E-state index in [0.29, 0.717) is 0 Å². The van der Waals surface area contributed by atoms with Crippen LogP contribution in [0.3, 0.4) is 0 Å². The number of hydrogen-bond acceptors (Lipinski definition) is 5. The molecule has 4 heterocycles. The fourth-order valence-corrected chi connectivity index (χ4v) is 4.02. The summed E-state index contributed by atoms with van der Waals surface area (Å²) >= 11 is 1.76. The van der Waals surface area contributed by atoms with Crippen molar-refractivity contribution in [2.24, 2.45) is 0 Å². The fraction of sp³-hybridized carbons (Fsp3) is 0. The molecule has 0 saturated carbocycles. The molecule has 0 aliphatic carbocycles. The molecular weight excluding hydrogens is 330 g/mol. The van der Waals surface area contributed by atoms with E-state index in [1.54, 1.807) is 17.5 Å². The minimum absolute atomic E-state index is 0.257. The summed E-state index contributed by atoms with van der Waals surface area (Å²) in [4.78, 5) is 12.8. The summed E-state index contributed by atoms with van der Waals surface area (Å²) in [7, 11) is 0. The van der Waals surface area contributed by atoms with Gasteiger partial charge in [0.05, 0.1) is 17.6 Å². The topological polar surface area (TPSA) is 69.1 Å². The largest absolute Gasteiger partial charge is 0.368 e. The highest BCUT2D eigenvalue weighted by Crippen LogP contribution is 2.34. The number of nitrogens with zero attached hydrogens (tertiary/aromatic N) is 4. The highest BCUT2D eigenvalue weighted by Gasteiger charge is 2.11. The number of rotatable bonds is 2. The van der Waals surface area contributed by atoms with Crippen LogP contribution in [-0.4, -0.2) is 19.4 Å². The van der Waals surface area contributed by atoms with Gasteiger partial charge in [0.15, 0.2) is 0 Å². The maximum atomic E-state index is 5.73. The molecule has 120 valence electrons. The Kier molecular flexibility index (Phi) is 3.05. The highest BCUT2D eigenvalue weighted by molar-refractivity contribution is 7.17. The predicted octanol–water partition coefficient (Wildman–Crippen LogP) is 4.26. The first kappa shape index (κ1) is 14.1. The lowest BCUT2D eigenvalue weighted by Crippen LogP contribution is -1.97. The standard InChI is InChI=1S/C19H13N5S/c20-19-21-8-7-15(23-19)16-9-22-18-6-5-12(10-24(16)18)14-11-25-17-4-2-1-3-13(14)17/h1-11H,(H2,20,21,23). The quantitative estimate of drug-likeness (QED) is 0.520. The first-order chi connectivity index (χ1) is 12.3. The number of anilines is 1. The Hall–Kier alpha value is -3.25. The van der Waals surface area contributed by atoms with Crippen molar-refractivity contribution < 1.29 is 0 Å². The molecule has 2 N–H and O–H groups in total. The Morgan fingerprint density at radius 2 is 1.92 bits per heavy atom. The van der Waals surface area contributed by atoms with E-state index in [2.05, 4.69) is 56.9 Å². The molecule has 0 aliphatic heterocycles. The number of pyridine rings is 1. The number of hydrogen-bond donors (Lipinski definition) is 1. The van der Waals surface area contributed by atoms with Crippen molar-refractivity contribution in [3.05, 3.63) is 66.4 Å². The highest BCUT2D eigenvalue weighted by atomic mass is 32.1. The van der Waals surface area contributed by atoms with E-state index < -0.39 is 0 Å².